The number of hydrogen-bond donors (Lipinski definition) is 1. The molecular formula is C25H34N4O6. The molecule has 0 radical (unpaired) electrons. The first-order valence-electron chi connectivity index (χ1n) is 11.7. The van der Waals surface area contributed by atoms with Gasteiger partial charge in [0, 0.05) is 32.0 Å². The van der Waals surface area contributed by atoms with Crippen LogP contribution in [0.1, 0.15) is 57.8 Å². The summed E-state index contributed by atoms with van der Waals surface area (Å²) in [6.07, 6.45) is 0.127. The third-order valence-electron chi connectivity index (χ3n) is 5.90. The molecule has 1 aromatic carbocycles. The number of para-hydroxylation sites is 1. The van der Waals surface area contributed by atoms with Crippen LogP contribution in [0.3, 0.4) is 0 Å². The van der Waals surface area contributed by atoms with Crippen molar-refractivity contribution in [3.8, 4) is 0 Å². The number of esters is 1. The fourth-order valence-corrected chi connectivity index (χ4v) is 4.48. The van der Waals surface area contributed by atoms with Gasteiger partial charge in [0.25, 0.3) is 11.8 Å². The number of anilines is 1. The van der Waals surface area contributed by atoms with Gasteiger partial charge in [-0.05, 0) is 38.8 Å². The molecule has 10 heteroatoms. The number of ether oxygens (including phenoxy) is 1. The molecule has 0 aliphatic carbocycles. The fourth-order valence-electron chi connectivity index (χ4n) is 4.48. The molecule has 2 aliphatic rings. The molecule has 1 N–H and O–H groups in total. The normalized spacial score (nSPS) is 19.4. The average molecular weight is 487 g/mol. The van der Waals surface area contributed by atoms with Crippen molar-refractivity contribution in [3.63, 3.8) is 0 Å². The summed E-state index contributed by atoms with van der Waals surface area (Å²) >= 11 is 0. The van der Waals surface area contributed by atoms with E-state index in [1.807, 2.05) is 34.6 Å². The third kappa shape index (κ3) is 5.16. The Hall–Kier alpha value is -3.43. The number of carbonyl (C=O) groups is 5. The molecule has 10 nitrogen and oxygen atoms in total. The van der Waals surface area contributed by atoms with Gasteiger partial charge in [-0.1, -0.05) is 26.0 Å². The lowest BCUT2D eigenvalue weighted by Gasteiger charge is -2.48. The highest BCUT2D eigenvalue weighted by atomic mass is 16.5. The standard InChI is InChI=1S/C25H34N4O6/c1-16(2)13-28-22(33)17-9-7-8-10-18(17)29-20(31)11-12-25(28,29)23(34)35-15-21(32)27(6)14-19(30)26-24(3,4)5/h7-10,16H,11-15H2,1-6H3,(H,26,30). The smallest absolute Gasteiger partial charge is 0.354 e. The molecule has 0 spiro atoms. The van der Waals surface area contributed by atoms with Gasteiger partial charge in [-0.15, -0.1) is 0 Å². The zero-order valence-corrected chi connectivity index (χ0v) is 21.2. The van der Waals surface area contributed by atoms with Crippen molar-refractivity contribution in [2.75, 3.05) is 31.6 Å². The van der Waals surface area contributed by atoms with E-state index in [-0.39, 0.29) is 49.6 Å². The highest BCUT2D eigenvalue weighted by Gasteiger charge is 2.62. The number of nitrogens with one attached hydrogen (secondary N) is 1. The van der Waals surface area contributed by atoms with Crippen LogP contribution in [-0.2, 0) is 23.9 Å². The van der Waals surface area contributed by atoms with E-state index in [4.69, 9.17) is 4.74 Å². The van der Waals surface area contributed by atoms with Crippen molar-refractivity contribution in [3.05, 3.63) is 29.8 Å². The maximum Gasteiger partial charge on any atom is 0.354 e. The zero-order chi connectivity index (χ0) is 26.1. The number of fused-ring (bicyclic) bond motifs is 3. The lowest BCUT2D eigenvalue weighted by Crippen LogP contribution is -2.69. The van der Waals surface area contributed by atoms with E-state index >= 15 is 0 Å². The highest BCUT2D eigenvalue weighted by molar-refractivity contribution is 6.15. The summed E-state index contributed by atoms with van der Waals surface area (Å²) in [5.74, 6) is -2.40. The second kappa shape index (κ2) is 9.67. The zero-order valence-electron chi connectivity index (χ0n) is 21.2. The van der Waals surface area contributed by atoms with Gasteiger partial charge in [0.15, 0.2) is 6.61 Å². The Balaban J connectivity index is 1.83. The Bertz CT molecular complexity index is 1050. The van der Waals surface area contributed by atoms with Gasteiger partial charge >= 0.3 is 5.97 Å². The number of carbonyl (C=O) groups excluding carboxylic acids is 5. The summed E-state index contributed by atoms with van der Waals surface area (Å²) in [5.41, 5.74) is -1.41. The van der Waals surface area contributed by atoms with Crippen molar-refractivity contribution in [1.29, 1.82) is 0 Å². The molecule has 1 unspecified atom stereocenters. The van der Waals surface area contributed by atoms with E-state index in [0.29, 0.717) is 11.3 Å². The molecule has 1 aromatic rings. The van der Waals surface area contributed by atoms with Crippen LogP contribution in [0.2, 0.25) is 0 Å². The van der Waals surface area contributed by atoms with Crippen molar-refractivity contribution in [2.45, 2.75) is 58.7 Å². The van der Waals surface area contributed by atoms with E-state index in [1.54, 1.807) is 24.3 Å². The number of rotatable bonds is 7. The maximum atomic E-state index is 13.6. The lowest BCUT2D eigenvalue weighted by atomic mass is 9.95. The Labute approximate surface area is 205 Å². The monoisotopic (exact) mass is 486 g/mol. The van der Waals surface area contributed by atoms with Crippen LogP contribution in [0.4, 0.5) is 5.69 Å². The summed E-state index contributed by atoms with van der Waals surface area (Å²) in [6, 6.07) is 6.68. The molecule has 190 valence electrons. The van der Waals surface area contributed by atoms with Crippen LogP contribution in [0, 0.1) is 5.92 Å². The van der Waals surface area contributed by atoms with Gasteiger partial charge in [-0.2, -0.15) is 0 Å². The average Bonchev–Trinajstić information content (AvgIpc) is 3.11. The molecule has 2 aliphatic heterocycles. The Morgan fingerprint density at radius 1 is 1.17 bits per heavy atom. The largest absolute Gasteiger partial charge is 0.452 e. The van der Waals surface area contributed by atoms with Gasteiger partial charge < -0.3 is 19.9 Å². The molecule has 2 heterocycles. The number of likely N-dealkylation sites (N-methyl/N-ethyl adjacent to an activating group) is 1. The summed E-state index contributed by atoms with van der Waals surface area (Å²) < 4.78 is 5.43. The summed E-state index contributed by atoms with van der Waals surface area (Å²) in [5, 5.41) is 2.76. The van der Waals surface area contributed by atoms with E-state index in [2.05, 4.69) is 5.32 Å². The van der Waals surface area contributed by atoms with Gasteiger partial charge in [0.2, 0.25) is 17.5 Å². The van der Waals surface area contributed by atoms with E-state index in [9.17, 15) is 24.0 Å². The predicted molar refractivity (Wildman–Crippen MR) is 128 cm³/mol. The van der Waals surface area contributed by atoms with E-state index < -0.39 is 29.7 Å². The van der Waals surface area contributed by atoms with Crippen molar-refractivity contribution < 1.29 is 28.7 Å². The van der Waals surface area contributed by atoms with Gasteiger partial charge in [0.05, 0.1) is 17.8 Å². The van der Waals surface area contributed by atoms with Crippen LogP contribution in [-0.4, -0.2) is 77.3 Å². The van der Waals surface area contributed by atoms with Gasteiger partial charge in [-0.25, -0.2) is 4.79 Å². The Morgan fingerprint density at radius 2 is 1.83 bits per heavy atom. The number of nitrogens with zero attached hydrogens (tertiary/aromatic N) is 3. The van der Waals surface area contributed by atoms with Crippen LogP contribution in [0.5, 0.6) is 0 Å². The second-order valence-electron chi connectivity index (χ2n) is 10.5. The van der Waals surface area contributed by atoms with E-state index in [0.717, 1.165) is 4.90 Å². The van der Waals surface area contributed by atoms with Gasteiger partial charge in [-0.3, -0.25) is 24.1 Å². The molecule has 1 atom stereocenters. The summed E-state index contributed by atoms with van der Waals surface area (Å²) in [7, 11) is 1.44. The molecule has 0 aromatic heterocycles. The second-order valence-corrected chi connectivity index (χ2v) is 10.5. The fraction of sp³-hybridized carbons (Fsp3) is 0.560. The SMILES string of the molecule is CC(C)CN1C(=O)c2ccccc2N2C(=O)CCC12C(=O)OCC(=O)N(C)CC(=O)NC(C)(C)C. The molecule has 35 heavy (non-hydrogen) atoms. The molecule has 1 fully saturated rings. The predicted octanol–water partition coefficient (Wildman–Crippen LogP) is 1.54. The third-order valence-corrected chi connectivity index (χ3v) is 5.90. The Morgan fingerprint density at radius 3 is 2.46 bits per heavy atom. The number of benzene rings is 1. The van der Waals surface area contributed by atoms with Crippen molar-refractivity contribution in [2.24, 2.45) is 5.92 Å². The topological polar surface area (TPSA) is 116 Å². The minimum absolute atomic E-state index is 0.0144. The van der Waals surface area contributed by atoms with E-state index in [1.165, 1.54) is 16.8 Å². The summed E-state index contributed by atoms with van der Waals surface area (Å²) in [6.45, 7) is 8.72. The van der Waals surface area contributed by atoms with Crippen LogP contribution in [0.25, 0.3) is 0 Å². The maximum absolute atomic E-state index is 13.6. The first kappa shape index (κ1) is 26.2. The van der Waals surface area contributed by atoms with Crippen LogP contribution < -0.4 is 10.2 Å². The molecule has 4 amide bonds. The number of hydrogen-bond acceptors (Lipinski definition) is 6. The minimum Gasteiger partial charge on any atom is -0.452 e. The van der Waals surface area contributed by atoms with Crippen LogP contribution >= 0.6 is 0 Å². The molecule has 3 rings (SSSR count). The van der Waals surface area contributed by atoms with Crippen molar-refractivity contribution >= 4 is 35.3 Å². The van der Waals surface area contributed by atoms with Crippen molar-refractivity contribution in [1.82, 2.24) is 15.1 Å². The van der Waals surface area contributed by atoms with Gasteiger partial charge in [0.1, 0.15) is 0 Å². The minimum atomic E-state index is -1.66. The van der Waals surface area contributed by atoms with Crippen LogP contribution in [0.15, 0.2) is 24.3 Å². The number of amides is 4. The first-order valence-corrected chi connectivity index (χ1v) is 11.7. The first-order chi connectivity index (χ1) is 16.3. The molecule has 0 bridgehead atoms. The molecule has 1 saturated heterocycles. The summed E-state index contributed by atoms with van der Waals surface area (Å²) in [4.78, 5) is 68.7. The quantitative estimate of drug-likeness (QED) is 0.585. The Kier molecular flexibility index (Phi) is 7.23. The molecule has 0 saturated carbocycles. The highest BCUT2D eigenvalue weighted by Crippen LogP contribution is 2.45. The lowest BCUT2D eigenvalue weighted by molar-refractivity contribution is -0.162. The molecular weight excluding hydrogens is 452 g/mol.